The van der Waals surface area contributed by atoms with Crippen molar-refractivity contribution in [1.82, 2.24) is 19.5 Å². The Morgan fingerprint density at radius 3 is 1.78 bits per heavy atom. The Morgan fingerprint density at radius 2 is 0.982 bits per heavy atom. The van der Waals surface area contributed by atoms with E-state index in [1.165, 1.54) is 10.8 Å². The molecule has 258 valence electrons. The molecule has 0 fully saturated rings. The molecule has 0 radical (unpaired) electrons. The van der Waals surface area contributed by atoms with Crippen LogP contribution in [-0.2, 0) is 0 Å². The van der Waals surface area contributed by atoms with Crippen LogP contribution in [0.2, 0.25) is 5.02 Å². The van der Waals surface area contributed by atoms with Crippen LogP contribution in [0, 0.1) is 0 Å². The molecular weight excluding hydrogens is 696 g/mol. The van der Waals surface area contributed by atoms with Crippen molar-refractivity contribution in [1.29, 1.82) is 0 Å². The number of hydrogen-bond donors (Lipinski definition) is 0. The van der Waals surface area contributed by atoms with E-state index in [1.54, 1.807) is 0 Å². The Labute approximate surface area is 320 Å². The quantitative estimate of drug-likeness (QED) is 0.177. The van der Waals surface area contributed by atoms with Gasteiger partial charge in [0, 0.05) is 48.9 Å². The average Bonchev–Trinajstić information content (AvgIpc) is 3.79. The maximum Gasteiger partial charge on any atom is 0.164 e. The molecule has 5 nitrogen and oxygen atoms in total. The van der Waals surface area contributed by atoms with Gasteiger partial charge in [-0.3, -0.25) is 0 Å². The van der Waals surface area contributed by atoms with Gasteiger partial charge < -0.3 is 8.98 Å². The summed E-state index contributed by atoms with van der Waals surface area (Å²) in [6, 6.07) is 60.5. The summed E-state index contributed by atoms with van der Waals surface area (Å²) in [6.45, 7) is 0. The highest BCUT2D eigenvalue weighted by atomic mass is 35.5. The van der Waals surface area contributed by atoms with Gasteiger partial charge in [-0.2, -0.15) is 0 Å². The lowest BCUT2D eigenvalue weighted by atomic mass is 10.0. The van der Waals surface area contributed by atoms with Crippen molar-refractivity contribution in [3.63, 3.8) is 0 Å². The first-order valence-electron chi connectivity index (χ1n) is 18.2. The largest absolute Gasteiger partial charge is 0.456 e. The van der Waals surface area contributed by atoms with E-state index in [1.807, 2.05) is 48.5 Å². The van der Waals surface area contributed by atoms with Crippen LogP contribution in [0.4, 0.5) is 0 Å². The first-order chi connectivity index (χ1) is 27.1. The number of nitrogens with zero attached hydrogens (tertiary/aromatic N) is 4. The molecule has 3 heterocycles. The molecule has 0 saturated heterocycles. The van der Waals surface area contributed by atoms with E-state index >= 15 is 0 Å². The Bertz CT molecular complexity index is 3260. The molecule has 0 N–H and O–H groups in total. The fourth-order valence-corrected chi connectivity index (χ4v) is 8.05. The predicted molar refractivity (Wildman–Crippen MR) is 226 cm³/mol. The molecule has 0 atom stereocenters. The van der Waals surface area contributed by atoms with Crippen LogP contribution < -0.4 is 0 Å². The number of para-hydroxylation sites is 2. The second-order valence-corrected chi connectivity index (χ2v) is 14.2. The molecule has 0 saturated carbocycles. The van der Waals surface area contributed by atoms with Gasteiger partial charge in [0.05, 0.1) is 11.0 Å². The lowest BCUT2D eigenvalue weighted by molar-refractivity contribution is 0.669. The minimum atomic E-state index is 0.574. The fourth-order valence-electron chi connectivity index (χ4n) is 7.88. The second kappa shape index (κ2) is 12.5. The number of furan rings is 1. The fraction of sp³-hybridized carbons (Fsp3) is 0. The normalized spacial score (nSPS) is 11.7. The molecular formula is C49H29ClN4O. The molecule has 0 amide bonds. The topological polar surface area (TPSA) is 56.7 Å². The zero-order valence-electron chi connectivity index (χ0n) is 29.3. The molecule has 8 aromatic carbocycles. The summed E-state index contributed by atoms with van der Waals surface area (Å²) in [4.78, 5) is 15.5. The third-order valence-electron chi connectivity index (χ3n) is 10.5. The van der Waals surface area contributed by atoms with Crippen LogP contribution in [0.3, 0.4) is 0 Å². The Kier molecular flexibility index (Phi) is 7.15. The molecule has 3 aromatic heterocycles. The van der Waals surface area contributed by atoms with Gasteiger partial charge in [-0.25, -0.2) is 15.0 Å². The first-order valence-corrected chi connectivity index (χ1v) is 18.6. The summed E-state index contributed by atoms with van der Waals surface area (Å²) in [5.41, 5.74) is 9.85. The number of halogens is 1. The SMILES string of the molecule is Clc1ccc2ccc3oc4ccc(-c5nc(-c6ccc(-c7ccccc7)cc6)nc(-c6ccc7c8ccccc8n(-c8ccccc8)c7c6)n5)cc4c3c2c1. The van der Waals surface area contributed by atoms with Crippen molar-refractivity contribution in [2.45, 2.75) is 0 Å². The first kappa shape index (κ1) is 31.4. The summed E-state index contributed by atoms with van der Waals surface area (Å²) in [5, 5.41) is 7.16. The number of rotatable bonds is 5. The minimum Gasteiger partial charge on any atom is -0.456 e. The van der Waals surface area contributed by atoms with Crippen molar-refractivity contribution in [2.24, 2.45) is 0 Å². The van der Waals surface area contributed by atoms with Crippen LogP contribution in [-0.4, -0.2) is 19.5 Å². The van der Waals surface area contributed by atoms with Crippen molar-refractivity contribution in [3.8, 4) is 51.0 Å². The molecule has 11 aromatic rings. The van der Waals surface area contributed by atoms with Crippen LogP contribution >= 0.6 is 11.6 Å². The molecule has 0 aliphatic carbocycles. The summed E-state index contributed by atoms with van der Waals surface area (Å²) in [7, 11) is 0. The Hall–Kier alpha value is -7.08. The summed E-state index contributed by atoms with van der Waals surface area (Å²) in [6.07, 6.45) is 0. The van der Waals surface area contributed by atoms with Gasteiger partial charge in [-0.05, 0) is 82.6 Å². The van der Waals surface area contributed by atoms with E-state index in [0.29, 0.717) is 22.5 Å². The predicted octanol–water partition coefficient (Wildman–Crippen LogP) is 13.3. The molecule has 0 bridgehead atoms. The lowest BCUT2D eigenvalue weighted by Crippen LogP contribution is -2.00. The molecule has 11 rings (SSSR count). The summed E-state index contributed by atoms with van der Waals surface area (Å²) >= 11 is 6.50. The third kappa shape index (κ3) is 5.28. The van der Waals surface area contributed by atoms with E-state index in [2.05, 4.69) is 132 Å². The molecule has 0 aliphatic rings. The van der Waals surface area contributed by atoms with Crippen molar-refractivity contribution in [3.05, 3.63) is 181 Å². The van der Waals surface area contributed by atoms with Crippen LogP contribution in [0.15, 0.2) is 180 Å². The van der Waals surface area contributed by atoms with Crippen LogP contribution in [0.1, 0.15) is 0 Å². The number of aromatic nitrogens is 4. The molecule has 55 heavy (non-hydrogen) atoms. The standard InChI is InChI=1S/C49H29ClN4O/c50-36-23-19-32-21-26-45-46(40(32)29-36)41-27-34(22-25-44(41)55-45)48-51-47(33-17-15-31(16-18-33)30-9-3-1-4-10-30)52-49(53-48)35-20-24-39-38-13-7-8-14-42(38)54(43(39)28-35)37-11-5-2-6-12-37/h1-29H. The number of fused-ring (bicyclic) bond motifs is 8. The highest BCUT2D eigenvalue weighted by molar-refractivity contribution is 6.32. The van der Waals surface area contributed by atoms with E-state index in [-0.39, 0.29) is 0 Å². The number of hydrogen-bond acceptors (Lipinski definition) is 4. The lowest BCUT2D eigenvalue weighted by Gasteiger charge is -2.11. The van der Waals surface area contributed by atoms with Gasteiger partial charge in [0.15, 0.2) is 17.5 Å². The van der Waals surface area contributed by atoms with E-state index in [9.17, 15) is 0 Å². The van der Waals surface area contributed by atoms with Crippen LogP contribution in [0.5, 0.6) is 0 Å². The van der Waals surface area contributed by atoms with E-state index < -0.39 is 0 Å². The smallest absolute Gasteiger partial charge is 0.164 e. The number of benzene rings is 8. The average molecular weight is 725 g/mol. The Balaban J connectivity index is 1.13. The van der Waals surface area contributed by atoms with Gasteiger partial charge >= 0.3 is 0 Å². The maximum atomic E-state index is 6.50. The van der Waals surface area contributed by atoms with Gasteiger partial charge in [-0.1, -0.05) is 127 Å². The van der Waals surface area contributed by atoms with E-state index in [0.717, 1.165) is 77.2 Å². The van der Waals surface area contributed by atoms with Crippen molar-refractivity contribution < 1.29 is 4.42 Å². The van der Waals surface area contributed by atoms with Crippen molar-refractivity contribution >= 4 is 66.1 Å². The maximum absolute atomic E-state index is 6.50. The monoisotopic (exact) mass is 724 g/mol. The van der Waals surface area contributed by atoms with Crippen LogP contribution in [0.25, 0.3) is 105 Å². The van der Waals surface area contributed by atoms with Crippen molar-refractivity contribution in [2.75, 3.05) is 0 Å². The van der Waals surface area contributed by atoms with Gasteiger partial charge in [0.1, 0.15) is 11.2 Å². The summed E-state index contributed by atoms with van der Waals surface area (Å²) in [5.74, 6) is 1.76. The zero-order valence-corrected chi connectivity index (χ0v) is 30.1. The van der Waals surface area contributed by atoms with Gasteiger partial charge in [-0.15, -0.1) is 0 Å². The van der Waals surface area contributed by atoms with Gasteiger partial charge in [0.2, 0.25) is 0 Å². The van der Waals surface area contributed by atoms with E-state index in [4.69, 9.17) is 31.0 Å². The molecule has 0 aliphatic heterocycles. The molecule has 6 heteroatoms. The Morgan fingerprint density at radius 1 is 0.400 bits per heavy atom. The zero-order chi connectivity index (χ0) is 36.5. The highest BCUT2D eigenvalue weighted by Crippen LogP contribution is 2.39. The van der Waals surface area contributed by atoms with Gasteiger partial charge in [0.25, 0.3) is 0 Å². The minimum absolute atomic E-state index is 0.574. The third-order valence-corrected chi connectivity index (χ3v) is 10.7. The second-order valence-electron chi connectivity index (χ2n) is 13.8. The summed E-state index contributed by atoms with van der Waals surface area (Å²) < 4.78 is 8.65. The highest BCUT2D eigenvalue weighted by Gasteiger charge is 2.18. The molecule has 0 spiro atoms. The molecule has 0 unspecified atom stereocenters.